The molecule has 1 fully saturated rings. The molecule has 3 aromatic rings. The zero-order chi connectivity index (χ0) is 16.0. The van der Waals surface area contributed by atoms with E-state index in [1.807, 2.05) is 18.2 Å². The Morgan fingerprint density at radius 1 is 1.35 bits per heavy atom. The number of rotatable bonds is 2. The summed E-state index contributed by atoms with van der Waals surface area (Å²) >= 11 is 9.46. The van der Waals surface area contributed by atoms with E-state index in [4.69, 9.17) is 16.3 Å². The highest BCUT2D eigenvalue weighted by atomic mass is 79.9. The van der Waals surface area contributed by atoms with E-state index in [0.29, 0.717) is 16.5 Å². The van der Waals surface area contributed by atoms with Crippen molar-refractivity contribution in [3.05, 3.63) is 57.8 Å². The SMILES string of the molecule is O=C1OC[C@H](c2cccc(Cl)c2)N1c1ccn2ncc(Br)c2n1. The van der Waals surface area contributed by atoms with Gasteiger partial charge in [-0.15, -0.1) is 0 Å². The van der Waals surface area contributed by atoms with Crippen LogP contribution in [0, 0.1) is 0 Å². The second-order valence-corrected chi connectivity index (χ2v) is 6.35. The number of hydrogen-bond acceptors (Lipinski definition) is 4. The number of nitrogens with zero attached hydrogens (tertiary/aromatic N) is 4. The normalized spacial score (nSPS) is 17.7. The summed E-state index contributed by atoms with van der Waals surface area (Å²) in [6, 6.07) is 8.85. The molecule has 8 heteroatoms. The van der Waals surface area contributed by atoms with Gasteiger partial charge in [0.05, 0.1) is 10.7 Å². The minimum atomic E-state index is -0.428. The van der Waals surface area contributed by atoms with Crippen molar-refractivity contribution in [3.8, 4) is 0 Å². The largest absolute Gasteiger partial charge is 0.447 e. The smallest absolute Gasteiger partial charge is 0.416 e. The van der Waals surface area contributed by atoms with E-state index in [1.54, 1.807) is 29.0 Å². The van der Waals surface area contributed by atoms with Crippen LogP contribution >= 0.6 is 27.5 Å². The Morgan fingerprint density at radius 3 is 3.04 bits per heavy atom. The molecule has 0 N–H and O–H groups in total. The van der Waals surface area contributed by atoms with Crippen LogP contribution in [0.5, 0.6) is 0 Å². The first-order valence-corrected chi connectivity index (χ1v) is 8.02. The van der Waals surface area contributed by atoms with Crippen molar-refractivity contribution < 1.29 is 9.53 Å². The molecule has 1 aliphatic heterocycles. The quantitative estimate of drug-likeness (QED) is 0.664. The standard InChI is InChI=1S/C15H10BrClN4O2/c16-11-7-18-20-5-4-13(19-14(11)20)21-12(8-23-15(21)22)9-2-1-3-10(17)6-9/h1-7,12H,8H2/t12-/m1/s1. The Hall–Kier alpha value is -2.12. The van der Waals surface area contributed by atoms with Crippen LogP contribution in [-0.2, 0) is 4.74 Å². The van der Waals surface area contributed by atoms with Crippen LogP contribution in [0.2, 0.25) is 5.02 Å². The minimum absolute atomic E-state index is 0.256. The minimum Gasteiger partial charge on any atom is -0.447 e. The lowest BCUT2D eigenvalue weighted by atomic mass is 10.1. The molecule has 0 saturated carbocycles. The van der Waals surface area contributed by atoms with Crippen LogP contribution in [0.25, 0.3) is 5.65 Å². The second kappa shape index (κ2) is 5.50. The van der Waals surface area contributed by atoms with E-state index in [0.717, 1.165) is 10.0 Å². The summed E-state index contributed by atoms with van der Waals surface area (Å²) in [5.41, 5.74) is 1.53. The van der Waals surface area contributed by atoms with Gasteiger partial charge in [-0.25, -0.2) is 14.3 Å². The highest BCUT2D eigenvalue weighted by Gasteiger charge is 2.36. The summed E-state index contributed by atoms with van der Waals surface area (Å²) in [6.07, 6.45) is 2.98. The second-order valence-electron chi connectivity index (χ2n) is 5.06. The summed E-state index contributed by atoms with van der Waals surface area (Å²) in [6.45, 7) is 0.256. The fourth-order valence-electron chi connectivity index (χ4n) is 2.60. The van der Waals surface area contributed by atoms with Gasteiger partial charge in [-0.3, -0.25) is 4.90 Å². The van der Waals surface area contributed by atoms with Crippen molar-refractivity contribution in [2.24, 2.45) is 0 Å². The van der Waals surface area contributed by atoms with Gasteiger partial charge in [0.1, 0.15) is 18.5 Å². The van der Waals surface area contributed by atoms with Crippen molar-refractivity contribution >= 4 is 45.1 Å². The average molecular weight is 394 g/mol. The topological polar surface area (TPSA) is 59.7 Å². The van der Waals surface area contributed by atoms with Gasteiger partial charge in [-0.1, -0.05) is 23.7 Å². The summed E-state index contributed by atoms with van der Waals surface area (Å²) in [4.78, 5) is 18.2. The van der Waals surface area contributed by atoms with Crippen molar-refractivity contribution in [2.45, 2.75) is 6.04 Å². The first-order valence-electron chi connectivity index (χ1n) is 6.85. The molecule has 0 bridgehead atoms. The first-order chi connectivity index (χ1) is 11.1. The number of carbonyl (C=O) groups is 1. The van der Waals surface area contributed by atoms with Crippen molar-refractivity contribution in [3.63, 3.8) is 0 Å². The predicted octanol–water partition coefficient (Wildman–Crippen LogP) is 3.84. The Bertz CT molecular complexity index is 913. The van der Waals surface area contributed by atoms with Gasteiger partial charge in [0.25, 0.3) is 0 Å². The molecule has 1 aromatic carbocycles. The van der Waals surface area contributed by atoms with Gasteiger partial charge in [0.2, 0.25) is 0 Å². The van der Waals surface area contributed by atoms with Gasteiger partial charge in [0.15, 0.2) is 5.65 Å². The Balaban J connectivity index is 1.79. The van der Waals surface area contributed by atoms with Gasteiger partial charge < -0.3 is 4.74 Å². The zero-order valence-electron chi connectivity index (χ0n) is 11.7. The fraction of sp³-hybridized carbons (Fsp3) is 0.133. The highest BCUT2D eigenvalue weighted by molar-refractivity contribution is 9.10. The third-order valence-electron chi connectivity index (χ3n) is 3.66. The van der Waals surface area contributed by atoms with Gasteiger partial charge in [-0.2, -0.15) is 5.10 Å². The zero-order valence-corrected chi connectivity index (χ0v) is 14.0. The molecule has 1 aliphatic rings. The van der Waals surface area contributed by atoms with Crippen LogP contribution in [0.15, 0.2) is 47.2 Å². The maximum atomic E-state index is 12.2. The lowest BCUT2D eigenvalue weighted by Crippen LogP contribution is -2.28. The molecule has 2 aromatic heterocycles. The van der Waals surface area contributed by atoms with E-state index in [1.165, 1.54) is 4.90 Å². The summed E-state index contributed by atoms with van der Waals surface area (Å²) in [7, 11) is 0. The summed E-state index contributed by atoms with van der Waals surface area (Å²) in [5, 5.41) is 4.76. The highest BCUT2D eigenvalue weighted by Crippen LogP contribution is 2.33. The number of amides is 1. The third kappa shape index (κ3) is 2.46. The number of benzene rings is 1. The van der Waals surface area contributed by atoms with Gasteiger partial charge >= 0.3 is 6.09 Å². The molecular weight excluding hydrogens is 384 g/mol. The van der Waals surface area contributed by atoms with Crippen LogP contribution < -0.4 is 4.90 Å². The molecule has 0 spiro atoms. The lowest BCUT2D eigenvalue weighted by Gasteiger charge is -2.21. The third-order valence-corrected chi connectivity index (χ3v) is 4.46. The molecule has 1 atom stereocenters. The average Bonchev–Trinajstić information content (AvgIpc) is 3.11. The molecule has 1 saturated heterocycles. The summed E-state index contributed by atoms with van der Waals surface area (Å²) in [5.74, 6) is 0.506. The molecule has 6 nitrogen and oxygen atoms in total. The summed E-state index contributed by atoms with van der Waals surface area (Å²) < 4.78 is 7.60. The molecule has 1 amide bonds. The molecule has 0 radical (unpaired) electrons. The molecule has 0 aliphatic carbocycles. The maximum absolute atomic E-state index is 12.2. The Morgan fingerprint density at radius 2 is 2.22 bits per heavy atom. The molecule has 0 unspecified atom stereocenters. The molecule has 4 rings (SSSR count). The van der Waals surface area contributed by atoms with Gasteiger partial charge in [-0.05, 0) is 39.7 Å². The van der Waals surface area contributed by atoms with Gasteiger partial charge in [0, 0.05) is 11.2 Å². The van der Waals surface area contributed by atoms with Crippen LogP contribution in [0.4, 0.5) is 10.6 Å². The van der Waals surface area contributed by atoms with Crippen molar-refractivity contribution in [1.29, 1.82) is 0 Å². The van der Waals surface area contributed by atoms with E-state index < -0.39 is 6.09 Å². The maximum Gasteiger partial charge on any atom is 0.416 e. The number of hydrogen-bond donors (Lipinski definition) is 0. The number of carbonyl (C=O) groups excluding carboxylic acids is 1. The van der Waals surface area contributed by atoms with Crippen LogP contribution in [0.3, 0.4) is 0 Å². The fourth-order valence-corrected chi connectivity index (χ4v) is 3.16. The lowest BCUT2D eigenvalue weighted by molar-refractivity contribution is 0.179. The number of cyclic esters (lactones) is 1. The molecule has 116 valence electrons. The van der Waals surface area contributed by atoms with Crippen molar-refractivity contribution in [2.75, 3.05) is 11.5 Å². The molecule has 23 heavy (non-hydrogen) atoms. The number of aromatic nitrogens is 3. The van der Waals surface area contributed by atoms with E-state index in [2.05, 4.69) is 26.0 Å². The number of anilines is 1. The number of fused-ring (bicyclic) bond motifs is 1. The van der Waals surface area contributed by atoms with E-state index >= 15 is 0 Å². The van der Waals surface area contributed by atoms with E-state index in [9.17, 15) is 4.79 Å². The monoisotopic (exact) mass is 392 g/mol. The van der Waals surface area contributed by atoms with Crippen LogP contribution in [-0.4, -0.2) is 27.3 Å². The van der Waals surface area contributed by atoms with Crippen LogP contribution in [0.1, 0.15) is 11.6 Å². The first kappa shape index (κ1) is 14.5. The number of ether oxygens (including phenoxy) is 1. The predicted molar refractivity (Wildman–Crippen MR) is 88.7 cm³/mol. The molecule has 3 heterocycles. The number of halogens is 2. The van der Waals surface area contributed by atoms with Crippen molar-refractivity contribution in [1.82, 2.24) is 14.6 Å². The Labute approximate surface area is 144 Å². The van der Waals surface area contributed by atoms with E-state index in [-0.39, 0.29) is 12.6 Å². The molecular formula is C15H10BrClN4O2. The Kier molecular flexibility index (Phi) is 3.46.